The molecule has 8 heteroatoms. The lowest BCUT2D eigenvalue weighted by Gasteiger charge is -2.18. The van der Waals surface area contributed by atoms with Crippen molar-refractivity contribution in [2.75, 3.05) is 32.1 Å². The predicted molar refractivity (Wildman–Crippen MR) is 122 cm³/mol. The molecule has 0 unspecified atom stereocenters. The zero-order valence-corrected chi connectivity index (χ0v) is 18.7. The van der Waals surface area contributed by atoms with Gasteiger partial charge in [-0.15, -0.1) is 10.2 Å². The smallest absolute Gasteiger partial charge is 0.253 e. The lowest BCUT2D eigenvalue weighted by molar-refractivity contribution is 0.0827. The average Bonchev–Trinajstić information content (AvgIpc) is 3.41. The van der Waals surface area contributed by atoms with E-state index < -0.39 is 0 Å². The Bertz CT molecular complexity index is 1030. The molecule has 1 amide bonds. The minimum Gasteiger partial charge on any atom is -0.345 e. The summed E-state index contributed by atoms with van der Waals surface area (Å²) in [5, 5.41) is 10.5. The van der Waals surface area contributed by atoms with Crippen LogP contribution in [0.15, 0.2) is 53.7 Å². The van der Waals surface area contributed by atoms with E-state index in [4.69, 9.17) is 11.6 Å². The first-order chi connectivity index (χ1) is 14.5. The van der Waals surface area contributed by atoms with Gasteiger partial charge in [-0.1, -0.05) is 41.6 Å². The van der Waals surface area contributed by atoms with Crippen LogP contribution >= 0.6 is 23.4 Å². The van der Waals surface area contributed by atoms with Gasteiger partial charge in [0.15, 0.2) is 5.16 Å². The van der Waals surface area contributed by atoms with Crippen molar-refractivity contribution in [3.8, 4) is 5.69 Å². The van der Waals surface area contributed by atoms with E-state index >= 15 is 0 Å². The van der Waals surface area contributed by atoms with E-state index in [-0.39, 0.29) is 5.91 Å². The van der Waals surface area contributed by atoms with Gasteiger partial charge in [-0.25, -0.2) is 0 Å². The van der Waals surface area contributed by atoms with Gasteiger partial charge in [-0.05, 0) is 48.7 Å². The molecular formula is C22H24ClN5OS. The summed E-state index contributed by atoms with van der Waals surface area (Å²) in [4.78, 5) is 15.9. The molecule has 1 saturated heterocycles. The summed E-state index contributed by atoms with van der Waals surface area (Å²) in [5.41, 5.74) is 2.77. The predicted octanol–water partition coefficient (Wildman–Crippen LogP) is 4.52. The number of nitrogens with zero attached hydrogens (tertiary/aromatic N) is 5. The van der Waals surface area contributed by atoms with Gasteiger partial charge in [0.2, 0.25) is 5.95 Å². The van der Waals surface area contributed by atoms with E-state index in [1.165, 1.54) is 12.8 Å². The number of benzene rings is 2. The number of carbonyl (C=O) groups excluding carboxylic acids is 1. The van der Waals surface area contributed by atoms with Crippen molar-refractivity contribution in [2.24, 2.45) is 0 Å². The molecule has 2 aromatic carbocycles. The van der Waals surface area contributed by atoms with Gasteiger partial charge in [-0.3, -0.25) is 9.36 Å². The maximum atomic E-state index is 12.1. The van der Waals surface area contributed by atoms with E-state index in [0.717, 1.165) is 41.2 Å². The number of hydrogen-bond donors (Lipinski definition) is 0. The molecular weight excluding hydrogens is 418 g/mol. The first-order valence-electron chi connectivity index (χ1n) is 9.92. The molecule has 1 aliphatic rings. The number of amides is 1. The van der Waals surface area contributed by atoms with Crippen LogP contribution in [0.4, 0.5) is 5.95 Å². The van der Waals surface area contributed by atoms with Crippen LogP contribution in [-0.2, 0) is 5.75 Å². The van der Waals surface area contributed by atoms with E-state index in [1.807, 2.05) is 48.5 Å². The number of halogens is 1. The lowest BCUT2D eigenvalue weighted by atomic mass is 10.1. The minimum atomic E-state index is 0.00478. The maximum absolute atomic E-state index is 12.1. The monoisotopic (exact) mass is 441 g/mol. The summed E-state index contributed by atoms with van der Waals surface area (Å²) in [5.74, 6) is 1.60. The third-order valence-corrected chi connectivity index (χ3v) is 6.28. The SMILES string of the molecule is CN(C)C(=O)c1ccc(CSc2nnc(N3CCCC3)n2-c2cccc(Cl)c2)cc1. The van der Waals surface area contributed by atoms with Crippen molar-refractivity contribution >= 4 is 35.2 Å². The second kappa shape index (κ2) is 9.10. The lowest BCUT2D eigenvalue weighted by Crippen LogP contribution is -2.22. The molecule has 4 rings (SSSR count). The van der Waals surface area contributed by atoms with Gasteiger partial charge < -0.3 is 9.80 Å². The molecule has 30 heavy (non-hydrogen) atoms. The minimum absolute atomic E-state index is 0.00478. The molecule has 6 nitrogen and oxygen atoms in total. The highest BCUT2D eigenvalue weighted by Crippen LogP contribution is 2.31. The van der Waals surface area contributed by atoms with E-state index in [1.54, 1.807) is 30.8 Å². The van der Waals surface area contributed by atoms with Gasteiger partial charge in [0.1, 0.15) is 0 Å². The fourth-order valence-corrected chi connectivity index (χ4v) is 4.56. The van der Waals surface area contributed by atoms with Crippen molar-refractivity contribution in [3.63, 3.8) is 0 Å². The Morgan fingerprint density at radius 2 is 1.83 bits per heavy atom. The number of rotatable bonds is 6. The Hall–Kier alpha value is -2.51. The van der Waals surface area contributed by atoms with Gasteiger partial charge in [0.05, 0.1) is 5.69 Å². The second-order valence-electron chi connectivity index (χ2n) is 7.48. The van der Waals surface area contributed by atoms with Gasteiger partial charge >= 0.3 is 0 Å². The van der Waals surface area contributed by atoms with Gasteiger partial charge in [0.25, 0.3) is 5.91 Å². The number of carbonyl (C=O) groups is 1. The molecule has 0 saturated carbocycles. The number of hydrogen-bond acceptors (Lipinski definition) is 5. The molecule has 156 valence electrons. The van der Waals surface area contributed by atoms with Gasteiger partial charge in [-0.2, -0.15) is 0 Å². The van der Waals surface area contributed by atoms with Crippen molar-refractivity contribution < 1.29 is 4.79 Å². The zero-order valence-electron chi connectivity index (χ0n) is 17.1. The summed E-state index contributed by atoms with van der Waals surface area (Å²) < 4.78 is 2.09. The molecule has 1 aliphatic heterocycles. The van der Waals surface area contributed by atoms with E-state index in [0.29, 0.717) is 10.6 Å². The van der Waals surface area contributed by atoms with E-state index in [9.17, 15) is 4.79 Å². The standard InChI is InChI=1S/C22H24ClN5OS/c1-26(2)20(29)17-10-8-16(9-11-17)15-30-22-25-24-21(27-12-3-4-13-27)28(22)19-7-5-6-18(23)14-19/h5-11,14H,3-4,12-13,15H2,1-2H3. The largest absolute Gasteiger partial charge is 0.345 e. The fourth-order valence-electron chi connectivity index (χ4n) is 3.47. The summed E-state index contributed by atoms with van der Waals surface area (Å²) in [7, 11) is 3.51. The topological polar surface area (TPSA) is 54.3 Å². The van der Waals surface area contributed by atoms with Crippen LogP contribution in [-0.4, -0.2) is 52.8 Å². The second-order valence-corrected chi connectivity index (χ2v) is 8.86. The average molecular weight is 442 g/mol. The normalized spacial score (nSPS) is 13.6. The van der Waals surface area contributed by atoms with Crippen molar-refractivity contribution in [1.82, 2.24) is 19.7 Å². The van der Waals surface area contributed by atoms with Crippen LogP contribution in [0.1, 0.15) is 28.8 Å². The molecule has 1 aromatic heterocycles. The highest BCUT2D eigenvalue weighted by atomic mass is 35.5. The van der Waals surface area contributed by atoms with Crippen LogP contribution in [0.25, 0.3) is 5.69 Å². The Morgan fingerprint density at radius 3 is 2.50 bits per heavy atom. The highest BCUT2D eigenvalue weighted by Gasteiger charge is 2.22. The molecule has 0 bridgehead atoms. The molecule has 0 atom stereocenters. The first-order valence-corrected chi connectivity index (χ1v) is 11.3. The molecule has 0 N–H and O–H groups in total. The molecule has 1 fully saturated rings. The third kappa shape index (κ3) is 4.47. The highest BCUT2D eigenvalue weighted by molar-refractivity contribution is 7.98. The van der Waals surface area contributed by atoms with Crippen molar-refractivity contribution in [3.05, 3.63) is 64.7 Å². The van der Waals surface area contributed by atoms with Crippen LogP contribution in [0.2, 0.25) is 5.02 Å². The molecule has 0 radical (unpaired) electrons. The quantitative estimate of drug-likeness (QED) is 0.526. The van der Waals surface area contributed by atoms with Crippen LogP contribution in [0.5, 0.6) is 0 Å². The summed E-state index contributed by atoms with van der Waals surface area (Å²) in [6.45, 7) is 1.98. The summed E-state index contributed by atoms with van der Waals surface area (Å²) in [6.07, 6.45) is 2.34. The number of aromatic nitrogens is 3. The van der Waals surface area contributed by atoms with Crippen LogP contribution < -0.4 is 4.90 Å². The summed E-state index contributed by atoms with van der Waals surface area (Å²) in [6, 6.07) is 15.5. The Labute approximate surface area is 185 Å². The Morgan fingerprint density at radius 1 is 1.10 bits per heavy atom. The molecule has 2 heterocycles. The van der Waals surface area contributed by atoms with Crippen LogP contribution in [0, 0.1) is 0 Å². The molecule has 0 aliphatic carbocycles. The summed E-state index contributed by atoms with van der Waals surface area (Å²) >= 11 is 7.88. The van der Waals surface area contributed by atoms with Crippen LogP contribution in [0.3, 0.4) is 0 Å². The Kier molecular flexibility index (Phi) is 6.29. The first kappa shape index (κ1) is 20.8. The van der Waals surface area contributed by atoms with Gasteiger partial charge in [0, 0.05) is 43.5 Å². The maximum Gasteiger partial charge on any atom is 0.253 e. The molecule has 3 aromatic rings. The van der Waals surface area contributed by atoms with Crippen molar-refractivity contribution in [1.29, 1.82) is 0 Å². The van der Waals surface area contributed by atoms with E-state index in [2.05, 4.69) is 19.7 Å². The zero-order chi connectivity index (χ0) is 21.1. The molecule has 0 spiro atoms. The van der Waals surface area contributed by atoms with Crippen molar-refractivity contribution in [2.45, 2.75) is 23.8 Å². The third-order valence-electron chi connectivity index (χ3n) is 5.05. The number of thioether (sulfide) groups is 1. The number of anilines is 1. The Balaban J connectivity index is 1.57. The fraction of sp³-hybridized carbons (Fsp3) is 0.318.